The highest BCUT2D eigenvalue weighted by Crippen LogP contribution is 2.31. The number of carbonyl (C=O) groups is 2. The average molecular weight is 594 g/mol. The maximum atomic E-state index is 13.7. The molecule has 3 aromatic rings. The van der Waals surface area contributed by atoms with Gasteiger partial charge in [-0.3, -0.25) is 13.9 Å². The second kappa shape index (κ2) is 12.6. The largest absolute Gasteiger partial charge is 0.350 e. The fraction of sp³-hybridized carbons (Fsp3) is 0.200. The van der Waals surface area contributed by atoms with Gasteiger partial charge in [0.1, 0.15) is 6.54 Å². The first kappa shape index (κ1) is 30.1. The number of rotatable bonds is 11. The second-order valence-electron chi connectivity index (χ2n) is 8.48. The molecule has 0 aromatic heterocycles. The van der Waals surface area contributed by atoms with Crippen molar-refractivity contribution in [1.29, 1.82) is 0 Å². The number of nitrogens with one attached hydrogen (secondary N) is 2. The van der Waals surface area contributed by atoms with Crippen molar-refractivity contribution in [2.75, 3.05) is 17.1 Å². The highest BCUT2D eigenvalue weighted by molar-refractivity contribution is 7.92. The molecule has 0 aliphatic rings. The van der Waals surface area contributed by atoms with E-state index >= 15 is 0 Å². The van der Waals surface area contributed by atoms with Crippen LogP contribution < -0.4 is 25.8 Å². The Kier molecular flexibility index (Phi) is 9.69. The van der Waals surface area contributed by atoms with Crippen molar-refractivity contribution in [3.8, 4) is 0 Å². The van der Waals surface area contributed by atoms with Crippen molar-refractivity contribution in [2.45, 2.75) is 24.5 Å². The highest BCUT2D eigenvalue weighted by Gasteiger charge is 2.29. The summed E-state index contributed by atoms with van der Waals surface area (Å²) in [5.41, 5.74) is 13.3. The molecule has 39 heavy (non-hydrogen) atoms. The molecule has 0 aliphatic carbocycles. The molecule has 0 unspecified atom stereocenters. The number of anilines is 1. The number of nitrogens with two attached hydrogens (primary N) is 2. The van der Waals surface area contributed by atoms with Gasteiger partial charge in [0.05, 0.1) is 16.8 Å². The summed E-state index contributed by atoms with van der Waals surface area (Å²) in [6, 6.07) is 16.6. The molecule has 0 saturated carbocycles. The summed E-state index contributed by atoms with van der Waals surface area (Å²) in [5, 5.41) is 2.88. The number of amides is 2. The van der Waals surface area contributed by atoms with E-state index in [1.54, 1.807) is 30.3 Å². The van der Waals surface area contributed by atoms with E-state index in [0.29, 0.717) is 11.1 Å². The maximum absolute atomic E-state index is 13.7. The quantitative estimate of drug-likeness (QED) is 0.258. The Labute approximate surface area is 232 Å². The third kappa shape index (κ3) is 7.77. The fourth-order valence-corrected chi connectivity index (χ4v) is 5.80. The van der Waals surface area contributed by atoms with Crippen molar-refractivity contribution >= 4 is 49.1 Å². The van der Waals surface area contributed by atoms with Gasteiger partial charge in [0, 0.05) is 35.8 Å². The van der Waals surface area contributed by atoms with Crippen molar-refractivity contribution in [2.24, 2.45) is 11.5 Å². The summed E-state index contributed by atoms with van der Waals surface area (Å²) in [7, 11) is -7.99. The summed E-state index contributed by atoms with van der Waals surface area (Å²) in [6.45, 7) is -0.494. The van der Waals surface area contributed by atoms with Crippen LogP contribution in [0.3, 0.4) is 0 Å². The molecule has 3 rings (SSSR count). The van der Waals surface area contributed by atoms with Gasteiger partial charge in [-0.1, -0.05) is 41.9 Å². The van der Waals surface area contributed by atoms with Crippen LogP contribution in [-0.2, 0) is 44.5 Å². The Hall–Kier alpha value is -3.49. The lowest BCUT2D eigenvalue weighted by Gasteiger charge is -2.26. The molecule has 0 radical (unpaired) electrons. The van der Waals surface area contributed by atoms with E-state index in [1.807, 2.05) is 4.72 Å². The SMILES string of the molecule is CS(=O)(=O)NC(=O)c1cccc(CNC(=O)CN(c2cccc(Cl)c2CN)S(=O)(=O)c2ccc(CN)cc2)c1. The van der Waals surface area contributed by atoms with Crippen LogP contribution in [0.5, 0.6) is 0 Å². The molecule has 2 amide bonds. The monoisotopic (exact) mass is 593 g/mol. The van der Waals surface area contributed by atoms with Crippen LogP contribution in [0.4, 0.5) is 5.69 Å². The van der Waals surface area contributed by atoms with Crippen molar-refractivity contribution in [3.05, 3.63) is 94.0 Å². The van der Waals surface area contributed by atoms with Gasteiger partial charge in [0.15, 0.2) is 0 Å². The Morgan fingerprint density at radius 2 is 1.56 bits per heavy atom. The molecule has 0 bridgehead atoms. The first-order valence-electron chi connectivity index (χ1n) is 11.5. The van der Waals surface area contributed by atoms with Gasteiger partial charge in [0.2, 0.25) is 15.9 Å². The summed E-state index contributed by atoms with van der Waals surface area (Å²) in [5.74, 6) is -1.47. The number of nitrogens with zero attached hydrogens (tertiary/aromatic N) is 1. The smallest absolute Gasteiger partial charge is 0.264 e. The van der Waals surface area contributed by atoms with Crippen LogP contribution in [0.15, 0.2) is 71.6 Å². The minimum absolute atomic E-state index is 0.0555. The summed E-state index contributed by atoms with van der Waals surface area (Å²) < 4.78 is 52.9. The number of sulfonamides is 2. The van der Waals surface area contributed by atoms with E-state index in [4.69, 9.17) is 23.1 Å². The lowest BCUT2D eigenvalue weighted by Crippen LogP contribution is -2.41. The molecule has 208 valence electrons. The molecule has 3 aromatic carbocycles. The van der Waals surface area contributed by atoms with Crippen molar-refractivity contribution in [1.82, 2.24) is 10.0 Å². The predicted molar refractivity (Wildman–Crippen MR) is 149 cm³/mol. The molecular weight excluding hydrogens is 566 g/mol. The molecule has 0 saturated heterocycles. The maximum Gasteiger partial charge on any atom is 0.264 e. The minimum atomic E-state index is -4.23. The zero-order chi connectivity index (χ0) is 28.8. The molecule has 0 fully saturated rings. The summed E-state index contributed by atoms with van der Waals surface area (Å²) in [6.07, 6.45) is 0.858. The molecule has 14 heteroatoms. The van der Waals surface area contributed by atoms with Gasteiger partial charge in [-0.15, -0.1) is 0 Å². The third-order valence-electron chi connectivity index (χ3n) is 5.56. The fourth-order valence-electron chi connectivity index (χ4n) is 3.64. The zero-order valence-electron chi connectivity index (χ0n) is 20.9. The van der Waals surface area contributed by atoms with E-state index < -0.39 is 38.4 Å². The van der Waals surface area contributed by atoms with Gasteiger partial charge < -0.3 is 16.8 Å². The standard InChI is InChI=1S/C25H28ClN5O6S2/c1-38(34,35)30-25(33)19-5-2-4-18(12-19)15-29-24(32)16-31(23-7-3-6-22(26)21(23)14-28)39(36,37)20-10-8-17(13-27)9-11-20/h2-12H,13-16,27-28H2,1H3,(H,29,32)(H,30,33). The van der Waals surface area contributed by atoms with Crippen LogP contribution in [0.1, 0.15) is 27.0 Å². The Bertz CT molecular complexity index is 1580. The van der Waals surface area contributed by atoms with Crippen LogP contribution >= 0.6 is 11.6 Å². The van der Waals surface area contributed by atoms with E-state index in [0.717, 1.165) is 16.1 Å². The van der Waals surface area contributed by atoms with Crippen LogP contribution in [0.2, 0.25) is 5.02 Å². The van der Waals surface area contributed by atoms with Crippen LogP contribution in [0.25, 0.3) is 0 Å². The average Bonchev–Trinajstić information content (AvgIpc) is 2.89. The van der Waals surface area contributed by atoms with Crippen LogP contribution in [-0.4, -0.2) is 41.5 Å². The number of benzene rings is 3. The molecule has 0 atom stereocenters. The Morgan fingerprint density at radius 1 is 0.897 bits per heavy atom. The van der Waals surface area contributed by atoms with Gasteiger partial charge >= 0.3 is 0 Å². The minimum Gasteiger partial charge on any atom is -0.350 e. The molecular formula is C25H28ClN5O6S2. The van der Waals surface area contributed by atoms with Gasteiger partial charge in [-0.25, -0.2) is 21.6 Å². The third-order valence-corrected chi connectivity index (χ3v) is 8.24. The van der Waals surface area contributed by atoms with Crippen molar-refractivity contribution < 1.29 is 26.4 Å². The highest BCUT2D eigenvalue weighted by atomic mass is 35.5. The molecule has 6 N–H and O–H groups in total. The first-order chi connectivity index (χ1) is 18.4. The first-order valence-corrected chi connectivity index (χ1v) is 15.2. The lowest BCUT2D eigenvalue weighted by molar-refractivity contribution is -0.119. The number of hydrogen-bond acceptors (Lipinski definition) is 8. The molecule has 0 spiro atoms. The van der Waals surface area contributed by atoms with E-state index in [9.17, 15) is 26.4 Å². The zero-order valence-corrected chi connectivity index (χ0v) is 23.3. The molecule has 11 nitrogen and oxygen atoms in total. The lowest BCUT2D eigenvalue weighted by atomic mass is 10.1. The second-order valence-corrected chi connectivity index (χ2v) is 12.5. The topological polar surface area (TPSA) is 182 Å². The summed E-state index contributed by atoms with van der Waals surface area (Å²) >= 11 is 6.28. The van der Waals surface area contributed by atoms with E-state index in [2.05, 4.69) is 5.32 Å². The normalized spacial score (nSPS) is 11.6. The number of carbonyl (C=O) groups excluding carboxylic acids is 2. The predicted octanol–water partition coefficient (Wildman–Crippen LogP) is 1.46. The molecule has 0 aliphatic heterocycles. The van der Waals surface area contributed by atoms with E-state index in [1.165, 1.54) is 36.4 Å². The summed E-state index contributed by atoms with van der Waals surface area (Å²) in [4.78, 5) is 25.1. The Balaban J connectivity index is 1.87. The Morgan fingerprint density at radius 3 is 2.18 bits per heavy atom. The van der Waals surface area contributed by atoms with E-state index in [-0.39, 0.29) is 40.8 Å². The number of hydrogen-bond donors (Lipinski definition) is 4. The van der Waals surface area contributed by atoms with Crippen LogP contribution in [0, 0.1) is 0 Å². The molecule has 0 heterocycles. The number of halogens is 1. The van der Waals surface area contributed by atoms with Crippen molar-refractivity contribution in [3.63, 3.8) is 0 Å². The van der Waals surface area contributed by atoms with Gasteiger partial charge in [-0.05, 0) is 47.5 Å². The van der Waals surface area contributed by atoms with Gasteiger partial charge in [0.25, 0.3) is 15.9 Å². The van der Waals surface area contributed by atoms with Gasteiger partial charge in [-0.2, -0.15) is 0 Å².